The van der Waals surface area contributed by atoms with Crippen LogP contribution in [0, 0.1) is 0 Å². The van der Waals surface area contributed by atoms with Gasteiger partial charge in [-0.3, -0.25) is 4.90 Å². The molecule has 0 aliphatic carbocycles. The van der Waals surface area contributed by atoms with E-state index in [1.165, 1.54) is 24.2 Å². The van der Waals surface area contributed by atoms with Gasteiger partial charge in [-0.05, 0) is 24.2 Å². The minimum atomic E-state index is 0.752. The Morgan fingerprint density at radius 1 is 0.889 bits per heavy atom. The van der Waals surface area contributed by atoms with E-state index in [0.717, 1.165) is 47.5 Å². The number of nitrogens with zero attached hydrogens (tertiary/aromatic N) is 3. The normalized spacial score (nSPS) is 15.9. The van der Waals surface area contributed by atoms with Crippen LogP contribution in [0.1, 0.15) is 12.5 Å². The van der Waals surface area contributed by atoms with Gasteiger partial charge in [-0.25, -0.2) is 4.98 Å². The van der Waals surface area contributed by atoms with Crippen molar-refractivity contribution in [2.75, 3.05) is 32.7 Å². The molecule has 0 bridgehead atoms. The fourth-order valence-corrected chi connectivity index (χ4v) is 4.40. The number of thiazole rings is 1. The Bertz CT molecular complexity index is 865. The summed E-state index contributed by atoms with van der Waals surface area (Å²) in [5.74, 6) is 0. The summed E-state index contributed by atoms with van der Waals surface area (Å²) in [6.07, 6.45) is 0. The molecule has 3 aromatic rings. The van der Waals surface area contributed by atoms with Crippen molar-refractivity contribution < 1.29 is 0 Å². The summed E-state index contributed by atoms with van der Waals surface area (Å²) in [7, 11) is 0. The lowest BCUT2D eigenvalue weighted by molar-refractivity contribution is 0.132. The minimum Gasteiger partial charge on any atom is -0.301 e. The van der Waals surface area contributed by atoms with Gasteiger partial charge in [-0.15, -0.1) is 11.3 Å². The maximum absolute atomic E-state index is 5.98. The molecule has 0 radical (unpaired) electrons. The molecule has 1 aliphatic rings. The predicted molar refractivity (Wildman–Crippen MR) is 115 cm³/mol. The Morgan fingerprint density at radius 3 is 2.19 bits per heavy atom. The Hall–Kier alpha value is -1.72. The zero-order valence-electron chi connectivity index (χ0n) is 15.6. The van der Waals surface area contributed by atoms with Crippen molar-refractivity contribution in [3.8, 4) is 21.8 Å². The zero-order chi connectivity index (χ0) is 18.6. The molecule has 1 fully saturated rings. The van der Waals surface area contributed by atoms with E-state index in [2.05, 4.69) is 46.4 Å². The van der Waals surface area contributed by atoms with Crippen molar-refractivity contribution >= 4 is 22.9 Å². The monoisotopic (exact) mass is 397 g/mol. The van der Waals surface area contributed by atoms with Crippen molar-refractivity contribution in [2.24, 2.45) is 0 Å². The molecular weight excluding hydrogens is 374 g/mol. The molecule has 1 aliphatic heterocycles. The molecule has 0 atom stereocenters. The highest BCUT2D eigenvalue weighted by molar-refractivity contribution is 7.13. The van der Waals surface area contributed by atoms with Crippen LogP contribution in [0.4, 0.5) is 0 Å². The summed E-state index contributed by atoms with van der Waals surface area (Å²) in [6, 6.07) is 16.7. The number of hydrogen-bond acceptors (Lipinski definition) is 4. The summed E-state index contributed by atoms with van der Waals surface area (Å²) in [4.78, 5) is 9.86. The van der Waals surface area contributed by atoms with Gasteiger partial charge in [-0.2, -0.15) is 0 Å². The second-order valence-electron chi connectivity index (χ2n) is 6.95. The summed E-state index contributed by atoms with van der Waals surface area (Å²) >= 11 is 7.65. The van der Waals surface area contributed by atoms with Crippen LogP contribution in [-0.2, 0) is 6.54 Å². The van der Waals surface area contributed by atoms with Crippen molar-refractivity contribution in [3.05, 3.63) is 64.5 Å². The molecule has 27 heavy (non-hydrogen) atoms. The molecule has 0 spiro atoms. The average Bonchev–Trinajstić information content (AvgIpc) is 3.20. The van der Waals surface area contributed by atoms with Crippen molar-refractivity contribution in [1.29, 1.82) is 0 Å². The van der Waals surface area contributed by atoms with Gasteiger partial charge in [0, 0.05) is 54.3 Å². The SMILES string of the molecule is CCN1CCN(Cc2ccc(-c3csc(-c4ccc(Cl)cc4)n3)cc2)CC1. The highest BCUT2D eigenvalue weighted by atomic mass is 35.5. The maximum atomic E-state index is 5.98. The van der Waals surface area contributed by atoms with Gasteiger partial charge in [0.2, 0.25) is 0 Å². The third-order valence-corrected chi connectivity index (χ3v) is 6.31. The second-order valence-corrected chi connectivity index (χ2v) is 8.25. The second kappa shape index (κ2) is 8.53. The standard InChI is InChI=1S/C22H24ClN3S/c1-2-25-11-13-26(14-12-25)15-17-3-5-18(6-4-17)21-16-27-22(24-21)19-7-9-20(23)10-8-19/h3-10,16H,2,11-15H2,1H3. The molecule has 2 heterocycles. The summed E-state index contributed by atoms with van der Waals surface area (Å²) in [5, 5.41) is 3.91. The Balaban J connectivity index is 1.41. The Labute approximate surface area is 170 Å². The number of halogens is 1. The topological polar surface area (TPSA) is 19.4 Å². The van der Waals surface area contributed by atoms with Gasteiger partial charge in [0.15, 0.2) is 0 Å². The lowest BCUT2D eigenvalue weighted by atomic mass is 10.1. The van der Waals surface area contributed by atoms with E-state index >= 15 is 0 Å². The average molecular weight is 398 g/mol. The first-order chi connectivity index (χ1) is 13.2. The van der Waals surface area contributed by atoms with Gasteiger partial charge in [0.25, 0.3) is 0 Å². The predicted octanol–water partition coefficient (Wildman–Crippen LogP) is 5.27. The quantitative estimate of drug-likeness (QED) is 0.584. The van der Waals surface area contributed by atoms with Gasteiger partial charge in [0.05, 0.1) is 5.69 Å². The van der Waals surface area contributed by atoms with Crippen LogP contribution in [0.15, 0.2) is 53.9 Å². The number of benzene rings is 2. The Kier molecular flexibility index (Phi) is 5.89. The fraction of sp³-hybridized carbons (Fsp3) is 0.318. The van der Waals surface area contributed by atoms with E-state index in [4.69, 9.17) is 16.6 Å². The number of rotatable bonds is 5. The van der Waals surface area contributed by atoms with Crippen molar-refractivity contribution in [2.45, 2.75) is 13.5 Å². The van der Waals surface area contributed by atoms with E-state index < -0.39 is 0 Å². The number of piperazine rings is 1. The first-order valence-electron chi connectivity index (χ1n) is 9.47. The first kappa shape index (κ1) is 18.6. The van der Waals surface area contributed by atoms with Crippen LogP contribution >= 0.6 is 22.9 Å². The van der Waals surface area contributed by atoms with Crippen molar-refractivity contribution in [3.63, 3.8) is 0 Å². The lowest BCUT2D eigenvalue weighted by Crippen LogP contribution is -2.45. The van der Waals surface area contributed by atoms with Gasteiger partial charge in [-0.1, -0.05) is 54.9 Å². The summed E-state index contributed by atoms with van der Waals surface area (Å²) in [6.45, 7) is 9.12. The van der Waals surface area contributed by atoms with Crippen LogP contribution in [0.2, 0.25) is 5.02 Å². The minimum absolute atomic E-state index is 0.752. The molecule has 0 amide bonds. The number of likely N-dealkylation sites (N-methyl/N-ethyl adjacent to an activating group) is 1. The van der Waals surface area contributed by atoms with E-state index in [9.17, 15) is 0 Å². The van der Waals surface area contributed by atoms with Gasteiger partial charge >= 0.3 is 0 Å². The third-order valence-electron chi connectivity index (χ3n) is 5.16. The fourth-order valence-electron chi connectivity index (χ4n) is 3.43. The lowest BCUT2D eigenvalue weighted by Gasteiger charge is -2.34. The first-order valence-corrected chi connectivity index (χ1v) is 10.7. The third kappa shape index (κ3) is 4.58. The van der Waals surface area contributed by atoms with Crippen molar-refractivity contribution in [1.82, 2.24) is 14.8 Å². The maximum Gasteiger partial charge on any atom is 0.124 e. The van der Waals surface area contributed by atoms with E-state index in [0.29, 0.717) is 0 Å². The van der Waals surface area contributed by atoms with Crippen LogP contribution < -0.4 is 0 Å². The summed E-state index contributed by atoms with van der Waals surface area (Å²) in [5.41, 5.74) is 4.69. The molecule has 2 aromatic carbocycles. The largest absolute Gasteiger partial charge is 0.301 e. The van der Waals surface area contributed by atoms with Crippen LogP contribution in [0.25, 0.3) is 21.8 Å². The molecule has 140 valence electrons. The smallest absolute Gasteiger partial charge is 0.124 e. The molecule has 0 saturated carbocycles. The molecular formula is C22H24ClN3S. The number of hydrogen-bond donors (Lipinski definition) is 0. The van der Waals surface area contributed by atoms with Crippen LogP contribution in [0.3, 0.4) is 0 Å². The highest BCUT2D eigenvalue weighted by Gasteiger charge is 2.15. The van der Waals surface area contributed by atoms with Gasteiger partial charge < -0.3 is 4.90 Å². The van der Waals surface area contributed by atoms with E-state index in [1.807, 2.05) is 24.3 Å². The zero-order valence-corrected chi connectivity index (χ0v) is 17.1. The number of aromatic nitrogens is 1. The summed E-state index contributed by atoms with van der Waals surface area (Å²) < 4.78 is 0. The van der Waals surface area contributed by atoms with Crippen LogP contribution in [-0.4, -0.2) is 47.5 Å². The molecule has 4 rings (SSSR count). The molecule has 5 heteroatoms. The van der Waals surface area contributed by atoms with E-state index in [1.54, 1.807) is 11.3 Å². The molecule has 3 nitrogen and oxygen atoms in total. The molecule has 0 unspecified atom stereocenters. The Morgan fingerprint density at radius 2 is 1.52 bits per heavy atom. The van der Waals surface area contributed by atoms with Crippen LogP contribution in [0.5, 0.6) is 0 Å². The highest BCUT2D eigenvalue weighted by Crippen LogP contribution is 2.29. The molecule has 1 aromatic heterocycles. The molecule has 1 saturated heterocycles. The van der Waals surface area contributed by atoms with E-state index in [-0.39, 0.29) is 0 Å². The molecule has 0 N–H and O–H groups in total. The van der Waals surface area contributed by atoms with Gasteiger partial charge in [0.1, 0.15) is 5.01 Å².